The van der Waals surface area contributed by atoms with E-state index in [-0.39, 0.29) is 11.3 Å². The number of pyridine rings is 1. The van der Waals surface area contributed by atoms with Crippen LogP contribution in [0.4, 0.5) is 0 Å². The van der Waals surface area contributed by atoms with Gasteiger partial charge in [-0.25, -0.2) is 0 Å². The lowest BCUT2D eigenvalue weighted by Crippen LogP contribution is -2.21. The van der Waals surface area contributed by atoms with E-state index in [0.717, 1.165) is 5.56 Å². The number of aryl methyl sites for hydroxylation is 1. The van der Waals surface area contributed by atoms with Crippen molar-refractivity contribution in [3.8, 4) is 17.2 Å². The van der Waals surface area contributed by atoms with Crippen LogP contribution < -0.4 is 15.0 Å². The van der Waals surface area contributed by atoms with Gasteiger partial charge in [0.1, 0.15) is 5.75 Å². The summed E-state index contributed by atoms with van der Waals surface area (Å²) in [4.78, 5) is 11.9. The third kappa shape index (κ3) is 2.77. The molecule has 106 valence electrons. The molecule has 5 heteroatoms. The predicted octanol–water partition coefficient (Wildman–Crippen LogP) is 1.93. The van der Waals surface area contributed by atoms with Gasteiger partial charge in [-0.15, -0.1) is 0 Å². The second kappa shape index (κ2) is 5.69. The highest BCUT2D eigenvalue weighted by Crippen LogP contribution is 2.27. The van der Waals surface area contributed by atoms with Gasteiger partial charge in [-0.1, -0.05) is 6.07 Å². The first-order chi connectivity index (χ1) is 9.55. The van der Waals surface area contributed by atoms with E-state index >= 15 is 0 Å². The SMILES string of the molecule is COc1ccc(Cn2c(C)cc(O)cc2=O)cc1OC. The van der Waals surface area contributed by atoms with E-state index in [1.165, 1.54) is 6.07 Å². The minimum Gasteiger partial charge on any atom is -0.508 e. The number of hydrogen-bond acceptors (Lipinski definition) is 4. The van der Waals surface area contributed by atoms with Crippen LogP contribution in [0.1, 0.15) is 11.3 Å². The molecule has 1 N–H and O–H groups in total. The summed E-state index contributed by atoms with van der Waals surface area (Å²) in [7, 11) is 3.14. The summed E-state index contributed by atoms with van der Waals surface area (Å²) in [5.74, 6) is 1.25. The molecule has 0 saturated heterocycles. The number of ether oxygens (including phenoxy) is 2. The number of hydrogen-bond donors (Lipinski definition) is 1. The van der Waals surface area contributed by atoms with Crippen molar-refractivity contribution in [3.63, 3.8) is 0 Å². The Hall–Kier alpha value is -2.43. The van der Waals surface area contributed by atoms with Crippen LogP contribution in [0.3, 0.4) is 0 Å². The van der Waals surface area contributed by atoms with Crippen LogP contribution in [-0.2, 0) is 6.54 Å². The largest absolute Gasteiger partial charge is 0.508 e. The van der Waals surface area contributed by atoms with Crippen LogP contribution >= 0.6 is 0 Å². The van der Waals surface area contributed by atoms with Crippen molar-refractivity contribution in [2.24, 2.45) is 0 Å². The lowest BCUT2D eigenvalue weighted by molar-refractivity contribution is 0.354. The Bertz CT molecular complexity index is 676. The first-order valence-electron chi connectivity index (χ1n) is 6.16. The molecule has 0 aliphatic heterocycles. The first kappa shape index (κ1) is 14.0. The molecule has 1 heterocycles. The van der Waals surface area contributed by atoms with Crippen molar-refractivity contribution in [2.45, 2.75) is 13.5 Å². The van der Waals surface area contributed by atoms with Crippen molar-refractivity contribution in [3.05, 3.63) is 51.9 Å². The third-order valence-corrected chi connectivity index (χ3v) is 3.11. The smallest absolute Gasteiger partial charge is 0.254 e. The molecule has 2 aromatic rings. The predicted molar refractivity (Wildman–Crippen MR) is 75.8 cm³/mol. The molecular formula is C15H17NO4. The molecule has 0 fully saturated rings. The van der Waals surface area contributed by atoms with Crippen LogP contribution in [0.2, 0.25) is 0 Å². The summed E-state index contributed by atoms with van der Waals surface area (Å²) in [6.07, 6.45) is 0. The summed E-state index contributed by atoms with van der Waals surface area (Å²) in [6.45, 7) is 2.19. The quantitative estimate of drug-likeness (QED) is 0.926. The maximum absolute atomic E-state index is 11.9. The molecule has 5 nitrogen and oxygen atoms in total. The molecule has 0 spiro atoms. The number of aromatic nitrogens is 1. The number of rotatable bonds is 4. The van der Waals surface area contributed by atoms with E-state index in [1.807, 2.05) is 12.1 Å². The van der Waals surface area contributed by atoms with Gasteiger partial charge in [-0.3, -0.25) is 4.79 Å². The Balaban J connectivity index is 2.38. The fourth-order valence-electron chi connectivity index (χ4n) is 2.08. The van der Waals surface area contributed by atoms with Gasteiger partial charge in [-0.05, 0) is 30.7 Å². The van der Waals surface area contributed by atoms with Gasteiger partial charge in [-0.2, -0.15) is 0 Å². The average molecular weight is 275 g/mol. The van der Waals surface area contributed by atoms with Gasteiger partial charge in [0.25, 0.3) is 5.56 Å². The van der Waals surface area contributed by atoms with Crippen LogP contribution in [0.15, 0.2) is 35.1 Å². The summed E-state index contributed by atoms with van der Waals surface area (Å²) < 4.78 is 12.0. The third-order valence-electron chi connectivity index (χ3n) is 3.11. The molecule has 0 radical (unpaired) electrons. The number of nitrogens with zero attached hydrogens (tertiary/aromatic N) is 1. The normalized spacial score (nSPS) is 10.3. The Labute approximate surface area is 117 Å². The Morgan fingerprint density at radius 3 is 2.40 bits per heavy atom. The zero-order valence-electron chi connectivity index (χ0n) is 11.7. The molecule has 0 amide bonds. The molecule has 1 aromatic carbocycles. The van der Waals surface area contributed by atoms with E-state index in [9.17, 15) is 9.90 Å². The first-order valence-corrected chi connectivity index (χ1v) is 6.16. The van der Waals surface area contributed by atoms with Crippen molar-refractivity contribution < 1.29 is 14.6 Å². The minimum absolute atomic E-state index is 0.0175. The number of aromatic hydroxyl groups is 1. The Morgan fingerprint density at radius 1 is 1.10 bits per heavy atom. The highest BCUT2D eigenvalue weighted by molar-refractivity contribution is 5.43. The standard InChI is InChI=1S/C15H17NO4/c1-10-6-12(17)8-15(18)16(10)9-11-4-5-13(19-2)14(7-11)20-3/h4-8,17H,9H2,1-3H3. The second-order valence-corrected chi connectivity index (χ2v) is 4.47. The van der Waals surface area contributed by atoms with Crippen molar-refractivity contribution in [2.75, 3.05) is 14.2 Å². The van der Waals surface area contributed by atoms with E-state index in [4.69, 9.17) is 9.47 Å². The molecular weight excluding hydrogens is 258 g/mol. The van der Waals surface area contributed by atoms with Crippen LogP contribution in [0.5, 0.6) is 17.2 Å². The molecule has 0 aliphatic rings. The number of benzene rings is 1. The van der Waals surface area contributed by atoms with Gasteiger partial charge in [0, 0.05) is 11.8 Å². The van der Waals surface area contributed by atoms with Crippen molar-refractivity contribution in [1.82, 2.24) is 4.57 Å². The molecule has 0 aliphatic carbocycles. The van der Waals surface area contributed by atoms with E-state index in [0.29, 0.717) is 23.7 Å². The van der Waals surface area contributed by atoms with Gasteiger partial charge in [0.15, 0.2) is 11.5 Å². The topological polar surface area (TPSA) is 60.7 Å². The van der Waals surface area contributed by atoms with Crippen LogP contribution in [-0.4, -0.2) is 23.9 Å². The van der Waals surface area contributed by atoms with Gasteiger partial charge < -0.3 is 19.1 Å². The van der Waals surface area contributed by atoms with Gasteiger partial charge in [0.05, 0.1) is 20.8 Å². The minimum atomic E-state index is -0.239. The summed E-state index contributed by atoms with van der Waals surface area (Å²) in [6, 6.07) is 8.27. The molecule has 20 heavy (non-hydrogen) atoms. The summed E-state index contributed by atoms with van der Waals surface area (Å²) in [5.41, 5.74) is 1.38. The maximum Gasteiger partial charge on any atom is 0.254 e. The van der Waals surface area contributed by atoms with E-state index in [2.05, 4.69) is 0 Å². The molecule has 0 atom stereocenters. The maximum atomic E-state index is 11.9. The summed E-state index contributed by atoms with van der Waals surface area (Å²) >= 11 is 0. The Morgan fingerprint density at radius 2 is 1.80 bits per heavy atom. The van der Waals surface area contributed by atoms with Crippen molar-refractivity contribution in [1.29, 1.82) is 0 Å². The molecule has 1 aromatic heterocycles. The molecule has 0 unspecified atom stereocenters. The monoisotopic (exact) mass is 275 g/mol. The van der Waals surface area contributed by atoms with Crippen LogP contribution in [0.25, 0.3) is 0 Å². The van der Waals surface area contributed by atoms with E-state index < -0.39 is 0 Å². The average Bonchev–Trinajstić information content (AvgIpc) is 2.42. The fraction of sp³-hybridized carbons (Fsp3) is 0.267. The van der Waals surface area contributed by atoms with Crippen LogP contribution in [0, 0.1) is 6.92 Å². The highest BCUT2D eigenvalue weighted by atomic mass is 16.5. The fourth-order valence-corrected chi connectivity index (χ4v) is 2.08. The zero-order valence-corrected chi connectivity index (χ0v) is 11.7. The Kier molecular flexibility index (Phi) is 3.98. The van der Waals surface area contributed by atoms with Gasteiger partial charge in [0.2, 0.25) is 0 Å². The number of methoxy groups -OCH3 is 2. The molecule has 0 bridgehead atoms. The lowest BCUT2D eigenvalue weighted by atomic mass is 10.2. The zero-order chi connectivity index (χ0) is 14.7. The molecule has 2 rings (SSSR count). The lowest BCUT2D eigenvalue weighted by Gasteiger charge is -2.12. The second-order valence-electron chi connectivity index (χ2n) is 4.47. The molecule has 0 saturated carbocycles. The highest BCUT2D eigenvalue weighted by Gasteiger charge is 2.07. The van der Waals surface area contributed by atoms with Crippen molar-refractivity contribution >= 4 is 0 Å². The van der Waals surface area contributed by atoms with Gasteiger partial charge >= 0.3 is 0 Å². The van der Waals surface area contributed by atoms with E-state index in [1.54, 1.807) is 37.8 Å². The summed E-state index contributed by atoms with van der Waals surface area (Å²) in [5, 5.41) is 9.39.